The molecule has 0 saturated heterocycles. The third kappa shape index (κ3) is 4.68. The number of carboxylic acids is 1. The first-order valence-electron chi connectivity index (χ1n) is 5.12. The van der Waals surface area contributed by atoms with Crippen LogP contribution in [0.1, 0.15) is 5.56 Å². The van der Waals surface area contributed by atoms with Crippen LogP contribution in [0.4, 0.5) is 0 Å². The molecular weight excluding hydrogens is 302 g/mol. The summed E-state index contributed by atoms with van der Waals surface area (Å²) in [7, 11) is 0. The van der Waals surface area contributed by atoms with Crippen LogP contribution in [-0.4, -0.2) is 34.7 Å². The molecule has 1 unspecified atom stereocenters. The Morgan fingerprint density at radius 2 is 2.06 bits per heavy atom. The van der Waals surface area contributed by atoms with Crippen molar-refractivity contribution in [3.05, 3.63) is 40.4 Å². The Bertz CT molecular complexity index is 473. The molecule has 18 heavy (non-hydrogen) atoms. The van der Waals surface area contributed by atoms with Gasteiger partial charge in [-0.25, -0.2) is 4.79 Å². The lowest BCUT2D eigenvalue weighted by Gasteiger charge is -2.05. The van der Waals surface area contributed by atoms with Crippen molar-refractivity contribution in [3.63, 3.8) is 0 Å². The van der Waals surface area contributed by atoms with Gasteiger partial charge >= 0.3 is 5.97 Å². The van der Waals surface area contributed by atoms with Gasteiger partial charge in [0.15, 0.2) is 6.10 Å². The Morgan fingerprint density at radius 1 is 1.39 bits per heavy atom. The minimum absolute atomic E-state index is 0.325. The summed E-state index contributed by atoms with van der Waals surface area (Å²) >= 11 is 3.33. The smallest absolute Gasteiger partial charge is 0.334 e. The van der Waals surface area contributed by atoms with Crippen LogP contribution in [0.5, 0.6) is 0 Å². The van der Waals surface area contributed by atoms with E-state index in [0.29, 0.717) is 0 Å². The molecule has 0 bridgehead atoms. The molecule has 1 amide bonds. The zero-order valence-corrected chi connectivity index (χ0v) is 10.9. The van der Waals surface area contributed by atoms with Crippen LogP contribution in [0.15, 0.2) is 34.8 Å². The molecule has 1 aromatic rings. The van der Waals surface area contributed by atoms with Crippen LogP contribution in [0.2, 0.25) is 0 Å². The van der Waals surface area contributed by atoms with Crippen LogP contribution in [0.25, 0.3) is 6.08 Å². The average Bonchev–Trinajstić information content (AvgIpc) is 2.34. The van der Waals surface area contributed by atoms with Crippen LogP contribution in [0, 0.1) is 0 Å². The van der Waals surface area contributed by atoms with Gasteiger partial charge in [0.25, 0.3) is 0 Å². The Hall–Kier alpha value is -1.66. The minimum Gasteiger partial charge on any atom is -0.479 e. The number of carbonyl (C=O) groups excluding carboxylic acids is 1. The molecule has 5 nitrogen and oxygen atoms in total. The van der Waals surface area contributed by atoms with E-state index in [2.05, 4.69) is 21.2 Å². The van der Waals surface area contributed by atoms with Gasteiger partial charge < -0.3 is 15.5 Å². The first-order valence-corrected chi connectivity index (χ1v) is 5.91. The maximum Gasteiger partial charge on any atom is 0.334 e. The molecule has 0 aliphatic heterocycles. The Kier molecular flexibility index (Phi) is 5.54. The normalized spacial score (nSPS) is 12.3. The average molecular weight is 314 g/mol. The van der Waals surface area contributed by atoms with E-state index in [-0.39, 0.29) is 6.54 Å². The predicted molar refractivity (Wildman–Crippen MR) is 69.8 cm³/mol. The van der Waals surface area contributed by atoms with E-state index >= 15 is 0 Å². The van der Waals surface area contributed by atoms with Gasteiger partial charge in [0.1, 0.15) is 0 Å². The number of aliphatic hydroxyl groups excluding tert-OH is 1. The summed E-state index contributed by atoms with van der Waals surface area (Å²) in [4.78, 5) is 21.6. The van der Waals surface area contributed by atoms with E-state index in [1.165, 1.54) is 6.08 Å². The summed E-state index contributed by atoms with van der Waals surface area (Å²) in [5.74, 6) is -1.84. The van der Waals surface area contributed by atoms with Gasteiger partial charge in [-0.05, 0) is 17.7 Å². The van der Waals surface area contributed by atoms with E-state index < -0.39 is 18.0 Å². The fourth-order valence-electron chi connectivity index (χ4n) is 1.12. The van der Waals surface area contributed by atoms with Gasteiger partial charge in [-0.1, -0.05) is 34.1 Å². The fraction of sp³-hybridized carbons (Fsp3) is 0.167. The van der Waals surface area contributed by atoms with Crippen molar-refractivity contribution in [1.82, 2.24) is 5.32 Å². The van der Waals surface area contributed by atoms with Crippen LogP contribution >= 0.6 is 15.9 Å². The number of carbonyl (C=O) groups is 2. The van der Waals surface area contributed by atoms with Crippen molar-refractivity contribution in [2.24, 2.45) is 0 Å². The summed E-state index contributed by atoms with van der Waals surface area (Å²) in [6.45, 7) is -0.325. The van der Waals surface area contributed by atoms with Gasteiger partial charge in [-0.2, -0.15) is 0 Å². The maximum atomic E-state index is 11.3. The van der Waals surface area contributed by atoms with E-state index in [1.54, 1.807) is 6.08 Å². The first kappa shape index (κ1) is 14.4. The van der Waals surface area contributed by atoms with E-state index in [1.807, 2.05) is 24.3 Å². The van der Waals surface area contributed by atoms with Crippen molar-refractivity contribution in [3.8, 4) is 0 Å². The van der Waals surface area contributed by atoms with Crippen molar-refractivity contribution in [2.45, 2.75) is 6.10 Å². The number of aliphatic hydroxyl groups is 1. The summed E-state index contributed by atoms with van der Waals surface area (Å²) in [6, 6.07) is 7.34. The number of carboxylic acid groups (broad SMARTS) is 1. The highest BCUT2D eigenvalue weighted by molar-refractivity contribution is 9.10. The second-order valence-electron chi connectivity index (χ2n) is 3.45. The molecule has 0 radical (unpaired) electrons. The first-order chi connectivity index (χ1) is 8.50. The van der Waals surface area contributed by atoms with Crippen LogP contribution in [-0.2, 0) is 9.59 Å². The summed E-state index contributed by atoms with van der Waals surface area (Å²) in [5, 5.41) is 19.7. The Balaban J connectivity index is 2.50. The maximum absolute atomic E-state index is 11.3. The second-order valence-corrected chi connectivity index (χ2v) is 4.31. The number of rotatable bonds is 5. The van der Waals surface area contributed by atoms with Crippen molar-refractivity contribution in [2.75, 3.05) is 6.54 Å². The fourth-order valence-corrected chi connectivity index (χ4v) is 1.54. The highest BCUT2D eigenvalue weighted by Crippen LogP contribution is 2.16. The molecule has 0 aliphatic rings. The van der Waals surface area contributed by atoms with Crippen molar-refractivity contribution in [1.29, 1.82) is 0 Å². The molecule has 96 valence electrons. The number of halogens is 1. The number of hydrogen-bond donors (Lipinski definition) is 3. The van der Waals surface area contributed by atoms with Gasteiger partial charge in [0, 0.05) is 10.5 Å². The summed E-state index contributed by atoms with van der Waals surface area (Å²) in [5.41, 5.74) is 0.825. The highest BCUT2D eigenvalue weighted by atomic mass is 79.9. The molecule has 0 saturated carbocycles. The SMILES string of the molecule is O=C(C=Cc1ccccc1Br)NCC(O)C(=O)O. The third-order valence-corrected chi connectivity index (χ3v) is 2.80. The monoisotopic (exact) mass is 313 g/mol. The topological polar surface area (TPSA) is 86.6 Å². The molecule has 0 spiro atoms. The summed E-state index contributed by atoms with van der Waals surface area (Å²) in [6.07, 6.45) is 1.27. The van der Waals surface area contributed by atoms with Gasteiger partial charge in [-0.15, -0.1) is 0 Å². The van der Waals surface area contributed by atoms with Gasteiger partial charge in [-0.3, -0.25) is 4.79 Å². The molecule has 6 heteroatoms. The van der Waals surface area contributed by atoms with Crippen molar-refractivity contribution < 1.29 is 19.8 Å². The zero-order valence-electron chi connectivity index (χ0n) is 9.34. The molecule has 0 fully saturated rings. The van der Waals surface area contributed by atoms with Crippen molar-refractivity contribution >= 4 is 33.9 Å². The standard InChI is InChI=1S/C12H12BrNO4/c13-9-4-2-1-3-8(9)5-6-11(16)14-7-10(15)12(17)18/h1-6,10,15H,7H2,(H,14,16)(H,17,18). The summed E-state index contributed by atoms with van der Waals surface area (Å²) < 4.78 is 0.847. The third-order valence-electron chi connectivity index (χ3n) is 2.07. The van der Waals surface area contributed by atoms with Gasteiger partial charge in [0.2, 0.25) is 5.91 Å². The Morgan fingerprint density at radius 3 is 2.67 bits per heavy atom. The predicted octanol–water partition coefficient (Wildman–Crippen LogP) is 1.02. The number of aliphatic carboxylic acids is 1. The van der Waals surface area contributed by atoms with Crippen LogP contribution < -0.4 is 5.32 Å². The number of amides is 1. The zero-order chi connectivity index (χ0) is 13.5. The molecule has 1 aromatic carbocycles. The van der Waals surface area contributed by atoms with E-state index in [0.717, 1.165) is 10.0 Å². The molecule has 3 N–H and O–H groups in total. The molecule has 1 atom stereocenters. The van der Waals surface area contributed by atoms with Gasteiger partial charge in [0.05, 0.1) is 6.54 Å². The Labute approximate surface area is 112 Å². The lowest BCUT2D eigenvalue weighted by atomic mass is 10.2. The number of benzene rings is 1. The minimum atomic E-state index is -1.59. The number of nitrogens with one attached hydrogen (secondary N) is 1. The quantitative estimate of drug-likeness (QED) is 0.708. The molecule has 0 aliphatic carbocycles. The molecule has 0 aromatic heterocycles. The number of hydrogen-bond acceptors (Lipinski definition) is 3. The highest BCUT2D eigenvalue weighted by Gasteiger charge is 2.12. The molecule has 0 heterocycles. The van der Waals surface area contributed by atoms with Crippen LogP contribution in [0.3, 0.4) is 0 Å². The largest absolute Gasteiger partial charge is 0.479 e. The van der Waals surface area contributed by atoms with E-state index in [9.17, 15) is 9.59 Å². The van der Waals surface area contributed by atoms with E-state index in [4.69, 9.17) is 10.2 Å². The lowest BCUT2D eigenvalue weighted by Crippen LogP contribution is -2.35. The molecule has 1 rings (SSSR count). The second kappa shape index (κ2) is 6.93. The molecular formula is C12H12BrNO4. The lowest BCUT2D eigenvalue weighted by molar-refractivity contribution is -0.146.